The monoisotopic (exact) mass is 203 g/mol. The van der Waals surface area contributed by atoms with Crippen molar-refractivity contribution in [2.45, 2.75) is 27.6 Å². The largest absolute Gasteiger partial charge is 0.623 e. The quantitative estimate of drug-likeness (QED) is 0.611. The van der Waals surface area contributed by atoms with Crippen LogP contribution in [0.2, 0.25) is 6.82 Å². The van der Waals surface area contributed by atoms with E-state index in [0.29, 0.717) is 0 Å². The molecule has 0 unspecified atom stereocenters. The Kier molecular flexibility index (Phi) is 4.13. The molecule has 0 atom stereocenters. The van der Waals surface area contributed by atoms with Crippen molar-refractivity contribution >= 4 is 24.7 Å². The molecular formula is C7H12BO6-. The summed E-state index contributed by atoms with van der Waals surface area (Å²) >= 11 is 0. The van der Waals surface area contributed by atoms with E-state index in [2.05, 4.69) is 14.0 Å². The van der Waals surface area contributed by atoms with Crippen molar-refractivity contribution in [3.05, 3.63) is 0 Å². The van der Waals surface area contributed by atoms with Crippen LogP contribution in [0, 0.1) is 0 Å². The maximum Gasteiger partial charge on any atom is 0.551 e. The summed E-state index contributed by atoms with van der Waals surface area (Å²) in [5.74, 6) is -2.10. The van der Waals surface area contributed by atoms with Crippen LogP contribution in [-0.4, -0.2) is 24.7 Å². The Morgan fingerprint density at radius 3 is 1.14 bits per heavy atom. The molecule has 0 radical (unpaired) electrons. The molecule has 80 valence electrons. The van der Waals surface area contributed by atoms with E-state index in [1.165, 1.54) is 6.82 Å². The number of hydrogen-bond acceptors (Lipinski definition) is 6. The van der Waals surface area contributed by atoms with Gasteiger partial charge >= 0.3 is 6.75 Å². The van der Waals surface area contributed by atoms with Gasteiger partial charge in [0.05, 0.1) is 0 Å². The van der Waals surface area contributed by atoms with E-state index in [4.69, 9.17) is 0 Å². The lowest BCUT2D eigenvalue weighted by Crippen LogP contribution is -2.46. The van der Waals surface area contributed by atoms with Crippen molar-refractivity contribution in [2.75, 3.05) is 0 Å². The van der Waals surface area contributed by atoms with E-state index in [1.807, 2.05) is 0 Å². The van der Waals surface area contributed by atoms with Gasteiger partial charge in [-0.25, -0.2) is 0 Å². The normalized spacial score (nSPS) is 10.3. The second-order valence-electron chi connectivity index (χ2n) is 2.82. The third kappa shape index (κ3) is 5.18. The van der Waals surface area contributed by atoms with Crippen LogP contribution in [0.15, 0.2) is 0 Å². The standard InChI is InChI=1S/C7H12BO6/c1-5(9)12-8(4,13-6(2)10)14-7(3)11/h1-4H3/q-1. The SMILES string of the molecule is CC(=O)O[B-](C)(OC(C)=O)OC(C)=O. The van der Waals surface area contributed by atoms with Gasteiger partial charge in [0.1, 0.15) is 0 Å². The maximum absolute atomic E-state index is 10.6. The first-order chi connectivity index (χ1) is 6.25. The summed E-state index contributed by atoms with van der Waals surface area (Å²) in [5.41, 5.74) is 0. The molecule has 0 aromatic rings. The van der Waals surface area contributed by atoms with Gasteiger partial charge in [0, 0.05) is 20.8 Å². The zero-order valence-electron chi connectivity index (χ0n) is 8.53. The van der Waals surface area contributed by atoms with Gasteiger partial charge in [-0.3, -0.25) is 14.4 Å². The molecule has 0 saturated carbocycles. The molecule has 0 amide bonds. The molecule has 0 aromatic carbocycles. The van der Waals surface area contributed by atoms with Crippen molar-refractivity contribution < 1.29 is 28.3 Å². The molecule has 14 heavy (non-hydrogen) atoms. The molecule has 0 saturated heterocycles. The van der Waals surface area contributed by atoms with Crippen molar-refractivity contribution in [3.63, 3.8) is 0 Å². The molecule has 0 aliphatic rings. The number of carbonyl (C=O) groups excluding carboxylic acids is 3. The first-order valence-electron chi connectivity index (χ1n) is 4.01. The molecule has 0 N–H and O–H groups in total. The van der Waals surface area contributed by atoms with Gasteiger partial charge in [0.15, 0.2) is 0 Å². The molecule has 7 heteroatoms. The highest BCUT2D eigenvalue weighted by molar-refractivity contribution is 6.64. The molecule has 0 bridgehead atoms. The van der Waals surface area contributed by atoms with Crippen LogP contribution in [0.4, 0.5) is 0 Å². The fraction of sp³-hybridized carbons (Fsp3) is 0.571. The highest BCUT2D eigenvalue weighted by atomic mass is 16.8. The van der Waals surface area contributed by atoms with Crippen molar-refractivity contribution in [1.82, 2.24) is 0 Å². The van der Waals surface area contributed by atoms with Gasteiger partial charge in [0.25, 0.3) is 17.9 Å². The molecule has 0 aliphatic carbocycles. The summed E-state index contributed by atoms with van der Waals surface area (Å²) in [6, 6.07) is 0. The lowest BCUT2D eigenvalue weighted by molar-refractivity contribution is -0.147. The minimum Gasteiger partial charge on any atom is -0.623 e. The fourth-order valence-corrected chi connectivity index (χ4v) is 0.977. The summed E-state index contributed by atoms with van der Waals surface area (Å²) in [7, 11) is 0. The van der Waals surface area contributed by atoms with Gasteiger partial charge in [-0.05, 0) is 0 Å². The third-order valence-electron chi connectivity index (χ3n) is 1.14. The summed E-state index contributed by atoms with van der Waals surface area (Å²) in [6.45, 7) is 1.91. The van der Waals surface area contributed by atoms with E-state index >= 15 is 0 Å². The van der Waals surface area contributed by atoms with Gasteiger partial charge in [-0.1, -0.05) is 6.82 Å². The maximum atomic E-state index is 10.6. The van der Waals surface area contributed by atoms with E-state index in [0.717, 1.165) is 20.8 Å². The van der Waals surface area contributed by atoms with Crippen LogP contribution in [0.1, 0.15) is 20.8 Å². The first kappa shape index (κ1) is 12.5. The lowest BCUT2D eigenvalue weighted by Gasteiger charge is -2.35. The second-order valence-corrected chi connectivity index (χ2v) is 2.82. The molecular weight excluding hydrogens is 191 g/mol. The average molecular weight is 203 g/mol. The Labute approximate surface area is 81.5 Å². The average Bonchev–Trinajstić information content (AvgIpc) is 1.76. The van der Waals surface area contributed by atoms with E-state index in [1.54, 1.807) is 0 Å². The topological polar surface area (TPSA) is 78.9 Å². The summed E-state index contributed by atoms with van der Waals surface area (Å²) in [5, 5.41) is 0. The fourth-order valence-electron chi connectivity index (χ4n) is 0.977. The minimum absolute atomic E-state index is 0.699. The van der Waals surface area contributed by atoms with Gasteiger partial charge in [-0.15, -0.1) is 0 Å². The molecule has 0 fully saturated rings. The summed E-state index contributed by atoms with van der Waals surface area (Å²) in [4.78, 5) is 31.9. The van der Waals surface area contributed by atoms with Crippen LogP contribution >= 0.6 is 0 Å². The minimum atomic E-state index is -2.66. The Morgan fingerprint density at radius 1 is 0.786 bits per heavy atom. The summed E-state index contributed by atoms with van der Waals surface area (Å²) in [6.07, 6.45) is 0. The van der Waals surface area contributed by atoms with Crippen LogP contribution in [0.25, 0.3) is 0 Å². The zero-order valence-corrected chi connectivity index (χ0v) is 8.53. The van der Waals surface area contributed by atoms with E-state index in [9.17, 15) is 14.4 Å². The van der Waals surface area contributed by atoms with Gasteiger partial charge in [0.2, 0.25) is 0 Å². The Bertz CT molecular complexity index is 220. The van der Waals surface area contributed by atoms with Crippen molar-refractivity contribution in [2.24, 2.45) is 0 Å². The summed E-state index contributed by atoms with van der Waals surface area (Å²) < 4.78 is 13.8. The number of hydrogen-bond donors (Lipinski definition) is 0. The predicted octanol–water partition coefficient (Wildman–Crippen LogP) is 0.244. The lowest BCUT2D eigenvalue weighted by atomic mass is 9.82. The molecule has 6 nitrogen and oxygen atoms in total. The number of carbonyl (C=O) groups is 3. The molecule has 0 aliphatic heterocycles. The number of rotatable bonds is 3. The highest BCUT2D eigenvalue weighted by Crippen LogP contribution is 2.10. The molecule has 0 aromatic heterocycles. The van der Waals surface area contributed by atoms with E-state index in [-0.39, 0.29) is 0 Å². The predicted molar refractivity (Wildman–Crippen MR) is 46.9 cm³/mol. The molecule has 0 rings (SSSR count). The molecule has 0 spiro atoms. The Balaban J connectivity index is 4.56. The highest BCUT2D eigenvalue weighted by Gasteiger charge is 2.32. The van der Waals surface area contributed by atoms with Crippen LogP contribution in [0.3, 0.4) is 0 Å². The van der Waals surface area contributed by atoms with Gasteiger partial charge in [-0.2, -0.15) is 0 Å². The van der Waals surface area contributed by atoms with Gasteiger partial charge < -0.3 is 14.0 Å². The van der Waals surface area contributed by atoms with Crippen molar-refractivity contribution in [3.8, 4) is 0 Å². The van der Waals surface area contributed by atoms with Crippen molar-refractivity contribution in [1.29, 1.82) is 0 Å². The zero-order chi connectivity index (χ0) is 11.4. The van der Waals surface area contributed by atoms with Crippen LogP contribution in [0.5, 0.6) is 0 Å². The smallest absolute Gasteiger partial charge is 0.551 e. The third-order valence-corrected chi connectivity index (χ3v) is 1.14. The Hall–Kier alpha value is -1.53. The van der Waals surface area contributed by atoms with E-state index < -0.39 is 24.7 Å². The molecule has 0 heterocycles. The van der Waals surface area contributed by atoms with Crippen LogP contribution in [-0.2, 0) is 28.3 Å². The second kappa shape index (κ2) is 4.64. The first-order valence-corrected chi connectivity index (χ1v) is 4.01. The Morgan fingerprint density at radius 2 is 1.00 bits per heavy atom. The van der Waals surface area contributed by atoms with Crippen LogP contribution < -0.4 is 0 Å².